The third-order valence-corrected chi connectivity index (χ3v) is 5.26. The van der Waals surface area contributed by atoms with Gasteiger partial charge in [-0.3, -0.25) is 9.59 Å². The highest BCUT2D eigenvalue weighted by atomic mass is 79.9. The summed E-state index contributed by atoms with van der Waals surface area (Å²) in [5.74, 6) is 0.275. The molecule has 4 rings (SSSR count). The van der Waals surface area contributed by atoms with Gasteiger partial charge in [0.25, 0.3) is 11.4 Å². The summed E-state index contributed by atoms with van der Waals surface area (Å²) in [4.78, 5) is 29.1. The van der Waals surface area contributed by atoms with Crippen LogP contribution < -0.4 is 10.9 Å². The van der Waals surface area contributed by atoms with Gasteiger partial charge in [-0.05, 0) is 42.8 Å². The molecule has 2 aromatic heterocycles. The normalized spacial score (nSPS) is 10.8. The summed E-state index contributed by atoms with van der Waals surface area (Å²) in [5, 5.41) is 7.15. The highest BCUT2D eigenvalue weighted by Gasteiger charge is 2.14. The number of aryl methyl sites for hydroxylation is 1. The number of nitrogens with zero attached hydrogens (tertiary/aromatic N) is 3. The largest absolute Gasteiger partial charge is 0.334 e. The Morgan fingerprint density at radius 1 is 1.16 bits per heavy atom. The Morgan fingerprint density at radius 2 is 2.00 bits per heavy atom. The van der Waals surface area contributed by atoms with Gasteiger partial charge in [-0.2, -0.15) is 4.98 Å². The summed E-state index contributed by atoms with van der Waals surface area (Å²) in [7, 11) is 0. The van der Waals surface area contributed by atoms with E-state index >= 15 is 0 Å². The van der Waals surface area contributed by atoms with Gasteiger partial charge in [0.15, 0.2) is 0 Å². The maximum atomic E-state index is 12.5. The van der Waals surface area contributed by atoms with Crippen LogP contribution in [0.25, 0.3) is 22.8 Å². The summed E-state index contributed by atoms with van der Waals surface area (Å²) in [6.45, 7) is 1.71. The van der Waals surface area contributed by atoms with Crippen molar-refractivity contribution in [3.63, 3.8) is 0 Å². The van der Waals surface area contributed by atoms with Gasteiger partial charge in [0.05, 0.1) is 16.3 Å². The molecule has 4 aromatic rings. The molecule has 0 spiro atoms. The van der Waals surface area contributed by atoms with Crippen molar-refractivity contribution < 1.29 is 9.32 Å². The molecule has 0 unspecified atom stereocenters. The van der Waals surface area contributed by atoms with Crippen LogP contribution in [0, 0.1) is 6.92 Å². The maximum absolute atomic E-state index is 12.5. The average Bonchev–Trinajstić information content (AvgIpc) is 3.22. The van der Waals surface area contributed by atoms with Gasteiger partial charge in [-0.25, -0.2) is 0 Å². The lowest BCUT2D eigenvalue weighted by Crippen LogP contribution is -2.27. The van der Waals surface area contributed by atoms with E-state index in [1.807, 2.05) is 37.3 Å². The second kappa shape index (κ2) is 8.87. The molecule has 0 aliphatic heterocycles. The van der Waals surface area contributed by atoms with Crippen LogP contribution in [0.2, 0.25) is 5.02 Å². The Hall–Kier alpha value is -3.23. The van der Waals surface area contributed by atoms with Crippen LogP contribution in [0.1, 0.15) is 5.56 Å². The molecule has 0 saturated carbocycles. The fourth-order valence-corrected chi connectivity index (χ4v) is 3.61. The van der Waals surface area contributed by atoms with E-state index in [1.165, 1.54) is 16.8 Å². The van der Waals surface area contributed by atoms with E-state index in [0.29, 0.717) is 22.1 Å². The number of benzene rings is 2. The Labute approximate surface area is 190 Å². The SMILES string of the molecule is Cc1ccc(NC(=O)Cn2cc(-c3nc(-c4cccc(Br)c4)no3)ccc2=O)c(Cl)c1. The van der Waals surface area contributed by atoms with Crippen molar-refractivity contribution >= 4 is 39.1 Å². The summed E-state index contributed by atoms with van der Waals surface area (Å²) >= 11 is 9.57. The minimum atomic E-state index is -0.384. The second-order valence-corrected chi connectivity index (χ2v) is 8.17. The zero-order valence-corrected chi connectivity index (χ0v) is 18.6. The van der Waals surface area contributed by atoms with Gasteiger partial charge >= 0.3 is 0 Å². The third-order valence-electron chi connectivity index (χ3n) is 4.45. The monoisotopic (exact) mass is 498 g/mol. The lowest BCUT2D eigenvalue weighted by atomic mass is 10.2. The predicted molar refractivity (Wildman–Crippen MR) is 122 cm³/mol. The molecule has 2 aromatic carbocycles. The first kappa shape index (κ1) is 21.0. The van der Waals surface area contributed by atoms with Crippen LogP contribution in [0.5, 0.6) is 0 Å². The zero-order valence-electron chi connectivity index (χ0n) is 16.3. The molecule has 1 amide bonds. The first-order valence-corrected chi connectivity index (χ1v) is 10.4. The number of aromatic nitrogens is 3. The molecule has 0 atom stereocenters. The number of carbonyl (C=O) groups excluding carboxylic acids is 1. The third kappa shape index (κ3) is 4.92. The molecular weight excluding hydrogens is 484 g/mol. The molecule has 0 bridgehead atoms. The van der Waals surface area contributed by atoms with Crippen LogP contribution in [-0.4, -0.2) is 20.6 Å². The molecule has 1 N–H and O–H groups in total. The van der Waals surface area contributed by atoms with Gasteiger partial charge in [-0.15, -0.1) is 0 Å². The highest BCUT2D eigenvalue weighted by molar-refractivity contribution is 9.10. The standard InChI is InChI=1S/C22H16BrClN4O3/c1-13-5-7-18(17(24)9-13)25-19(29)12-28-11-15(6-8-20(28)30)22-26-21(27-31-22)14-3-2-4-16(23)10-14/h2-11H,12H2,1H3,(H,25,29). The van der Waals surface area contributed by atoms with Gasteiger partial charge < -0.3 is 14.4 Å². The fourth-order valence-electron chi connectivity index (χ4n) is 2.93. The Morgan fingerprint density at radius 3 is 2.77 bits per heavy atom. The molecule has 2 heterocycles. The molecule has 7 nitrogen and oxygen atoms in total. The molecular formula is C22H16BrClN4O3. The van der Waals surface area contributed by atoms with Crippen molar-refractivity contribution in [3.05, 3.63) is 86.2 Å². The van der Waals surface area contributed by atoms with E-state index in [2.05, 4.69) is 31.4 Å². The molecule has 9 heteroatoms. The Kier molecular flexibility index (Phi) is 6.01. The molecule has 0 radical (unpaired) electrons. The number of carbonyl (C=O) groups is 1. The minimum absolute atomic E-state index is 0.191. The number of pyridine rings is 1. The number of rotatable bonds is 5. The van der Waals surface area contributed by atoms with Crippen LogP contribution in [0.3, 0.4) is 0 Å². The van der Waals surface area contributed by atoms with Gasteiger partial charge in [0.1, 0.15) is 6.54 Å². The molecule has 156 valence electrons. The van der Waals surface area contributed by atoms with E-state index in [4.69, 9.17) is 16.1 Å². The van der Waals surface area contributed by atoms with E-state index in [9.17, 15) is 9.59 Å². The summed E-state index contributed by atoms with van der Waals surface area (Å²) in [5.41, 5.74) is 2.44. The van der Waals surface area contributed by atoms with Crippen molar-refractivity contribution in [2.45, 2.75) is 13.5 Å². The lowest BCUT2D eigenvalue weighted by Gasteiger charge is -2.10. The van der Waals surface area contributed by atoms with Crippen LogP contribution in [0.4, 0.5) is 5.69 Å². The number of amides is 1. The van der Waals surface area contributed by atoms with Crippen LogP contribution in [-0.2, 0) is 11.3 Å². The molecule has 0 saturated heterocycles. The predicted octanol–water partition coefficient (Wildman–Crippen LogP) is 4.93. The van der Waals surface area contributed by atoms with Gasteiger partial charge in [-0.1, -0.05) is 50.9 Å². The van der Waals surface area contributed by atoms with Crippen molar-refractivity contribution in [1.29, 1.82) is 0 Å². The van der Waals surface area contributed by atoms with Crippen LogP contribution >= 0.6 is 27.5 Å². The minimum Gasteiger partial charge on any atom is -0.334 e. The average molecular weight is 500 g/mol. The van der Waals surface area contributed by atoms with Crippen molar-refractivity contribution in [2.75, 3.05) is 5.32 Å². The smallest absolute Gasteiger partial charge is 0.259 e. The first-order valence-electron chi connectivity index (χ1n) is 9.25. The first-order chi connectivity index (χ1) is 14.9. The highest BCUT2D eigenvalue weighted by Crippen LogP contribution is 2.24. The van der Waals surface area contributed by atoms with Gasteiger partial charge in [0, 0.05) is 22.3 Å². The molecule has 31 heavy (non-hydrogen) atoms. The Bertz CT molecular complexity index is 1330. The molecule has 0 aliphatic rings. The van der Waals surface area contributed by atoms with Crippen LogP contribution in [0.15, 0.2) is 74.6 Å². The number of nitrogens with one attached hydrogen (secondary N) is 1. The van der Waals surface area contributed by atoms with Gasteiger partial charge in [0.2, 0.25) is 11.7 Å². The van der Waals surface area contributed by atoms with Crippen molar-refractivity contribution in [3.8, 4) is 22.8 Å². The zero-order chi connectivity index (χ0) is 22.0. The fraction of sp³-hybridized carbons (Fsp3) is 0.0909. The number of hydrogen-bond donors (Lipinski definition) is 1. The molecule has 0 fully saturated rings. The number of hydrogen-bond acceptors (Lipinski definition) is 5. The number of halogens is 2. The van der Waals surface area contributed by atoms with E-state index < -0.39 is 0 Å². The maximum Gasteiger partial charge on any atom is 0.259 e. The van der Waals surface area contributed by atoms with E-state index in [1.54, 1.807) is 18.2 Å². The van der Waals surface area contributed by atoms with E-state index in [-0.39, 0.29) is 23.9 Å². The summed E-state index contributed by atoms with van der Waals surface area (Å²) < 4.78 is 7.52. The summed E-state index contributed by atoms with van der Waals surface area (Å²) in [6, 6.07) is 15.7. The lowest BCUT2D eigenvalue weighted by molar-refractivity contribution is -0.116. The number of anilines is 1. The van der Waals surface area contributed by atoms with Crippen molar-refractivity contribution in [2.24, 2.45) is 0 Å². The van der Waals surface area contributed by atoms with Crippen molar-refractivity contribution in [1.82, 2.24) is 14.7 Å². The molecule has 0 aliphatic carbocycles. The Balaban J connectivity index is 1.55. The quantitative estimate of drug-likeness (QED) is 0.421. The van der Waals surface area contributed by atoms with E-state index in [0.717, 1.165) is 15.6 Å². The summed E-state index contributed by atoms with van der Waals surface area (Å²) in [6.07, 6.45) is 1.51. The second-order valence-electron chi connectivity index (χ2n) is 6.85. The topological polar surface area (TPSA) is 90.0 Å².